The predicted molar refractivity (Wildman–Crippen MR) is 87.5 cm³/mol. The average molecular weight is 301 g/mol. The first-order valence-electron chi connectivity index (χ1n) is 8.77. The van der Waals surface area contributed by atoms with Crippen LogP contribution in [0.5, 0.6) is 0 Å². The lowest BCUT2D eigenvalue weighted by molar-refractivity contribution is -0.127. The number of hydrogen-bond donors (Lipinski definition) is 2. The van der Waals surface area contributed by atoms with Gasteiger partial charge in [0.05, 0.1) is 6.54 Å². The van der Waals surface area contributed by atoms with E-state index in [-0.39, 0.29) is 11.8 Å². The Balaban J connectivity index is 1.64. The zero-order valence-corrected chi connectivity index (χ0v) is 13.3. The minimum absolute atomic E-state index is 0.137. The van der Waals surface area contributed by atoms with Crippen molar-refractivity contribution in [2.24, 2.45) is 5.92 Å². The minimum Gasteiger partial charge on any atom is -0.383 e. The summed E-state index contributed by atoms with van der Waals surface area (Å²) >= 11 is 0. The number of aliphatic hydroxyl groups is 1. The van der Waals surface area contributed by atoms with Gasteiger partial charge in [0.15, 0.2) is 0 Å². The first-order valence-corrected chi connectivity index (χ1v) is 8.77. The zero-order valence-electron chi connectivity index (χ0n) is 13.3. The maximum absolute atomic E-state index is 12.4. The molecular formula is C19H27NO2. The summed E-state index contributed by atoms with van der Waals surface area (Å²) < 4.78 is 0. The van der Waals surface area contributed by atoms with E-state index in [0.717, 1.165) is 50.5 Å². The molecule has 3 heteroatoms. The van der Waals surface area contributed by atoms with Gasteiger partial charge in [-0.1, -0.05) is 49.9 Å². The van der Waals surface area contributed by atoms with Crippen molar-refractivity contribution in [3.8, 4) is 0 Å². The van der Waals surface area contributed by atoms with Gasteiger partial charge < -0.3 is 10.4 Å². The highest BCUT2D eigenvalue weighted by molar-refractivity contribution is 5.78. The molecular weight excluding hydrogens is 274 g/mol. The molecule has 0 saturated heterocycles. The topological polar surface area (TPSA) is 49.3 Å². The van der Waals surface area contributed by atoms with E-state index < -0.39 is 5.60 Å². The predicted octanol–water partition coefficient (Wildman–Crippen LogP) is 3.30. The highest BCUT2D eigenvalue weighted by Gasteiger charge is 2.35. The van der Waals surface area contributed by atoms with E-state index in [2.05, 4.69) is 11.4 Å². The molecule has 2 aliphatic rings. The smallest absolute Gasteiger partial charge is 0.223 e. The molecule has 1 saturated carbocycles. The van der Waals surface area contributed by atoms with Gasteiger partial charge in [0.25, 0.3) is 0 Å². The Kier molecular flexibility index (Phi) is 4.82. The molecule has 1 fully saturated rings. The van der Waals surface area contributed by atoms with E-state index in [0.29, 0.717) is 6.54 Å². The molecule has 0 aromatic heterocycles. The molecule has 3 nitrogen and oxygen atoms in total. The first kappa shape index (κ1) is 15.5. The third-order valence-electron chi connectivity index (χ3n) is 5.34. The van der Waals surface area contributed by atoms with E-state index in [4.69, 9.17) is 0 Å². The average Bonchev–Trinajstić information content (AvgIpc) is 2.83. The van der Waals surface area contributed by atoms with Crippen molar-refractivity contribution in [2.75, 3.05) is 6.54 Å². The Labute approximate surface area is 133 Å². The van der Waals surface area contributed by atoms with E-state index in [1.165, 1.54) is 18.4 Å². The lowest BCUT2D eigenvalue weighted by Crippen LogP contribution is -2.44. The van der Waals surface area contributed by atoms with Gasteiger partial charge in [-0.05, 0) is 43.2 Å². The summed E-state index contributed by atoms with van der Waals surface area (Å²) in [5, 5.41) is 14.1. The van der Waals surface area contributed by atoms with E-state index in [9.17, 15) is 9.90 Å². The Morgan fingerprint density at radius 2 is 1.86 bits per heavy atom. The highest BCUT2D eigenvalue weighted by Crippen LogP contribution is 2.35. The van der Waals surface area contributed by atoms with Gasteiger partial charge in [0, 0.05) is 5.92 Å². The van der Waals surface area contributed by atoms with Crippen molar-refractivity contribution in [2.45, 2.75) is 63.4 Å². The number of carbonyl (C=O) groups excluding carboxylic acids is 1. The molecule has 0 spiro atoms. The molecule has 2 aliphatic carbocycles. The lowest BCUT2D eigenvalue weighted by atomic mass is 9.79. The molecule has 3 rings (SSSR count). The fourth-order valence-corrected chi connectivity index (χ4v) is 4.00. The zero-order chi connectivity index (χ0) is 15.4. The Bertz CT molecular complexity index is 520. The monoisotopic (exact) mass is 301 g/mol. The summed E-state index contributed by atoms with van der Waals surface area (Å²) in [6.07, 6.45) is 9.55. The summed E-state index contributed by atoms with van der Waals surface area (Å²) in [7, 11) is 0. The summed E-state index contributed by atoms with van der Waals surface area (Å²) in [5.41, 5.74) is 1.33. The second-order valence-electron chi connectivity index (χ2n) is 6.95. The summed E-state index contributed by atoms with van der Waals surface area (Å²) in [6.45, 7) is 0.347. The molecule has 0 bridgehead atoms. The summed E-state index contributed by atoms with van der Waals surface area (Å²) in [4.78, 5) is 12.4. The highest BCUT2D eigenvalue weighted by atomic mass is 16.3. The maximum Gasteiger partial charge on any atom is 0.223 e. The van der Waals surface area contributed by atoms with Gasteiger partial charge in [-0.3, -0.25) is 4.79 Å². The Hall–Kier alpha value is -1.35. The molecule has 0 radical (unpaired) electrons. The minimum atomic E-state index is -0.894. The van der Waals surface area contributed by atoms with Crippen LogP contribution in [0, 0.1) is 5.92 Å². The van der Waals surface area contributed by atoms with Crippen molar-refractivity contribution in [1.29, 1.82) is 0 Å². The number of amides is 1. The van der Waals surface area contributed by atoms with Gasteiger partial charge in [-0.25, -0.2) is 0 Å². The first-order chi connectivity index (χ1) is 10.7. The molecule has 0 aliphatic heterocycles. The third kappa shape index (κ3) is 3.35. The van der Waals surface area contributed by atoms with Crippen LogP contribution in [-0.2, 0) is 16.8 Å². The molecule has 120 valence electrons. The van der Waals surface area contributed by atoms with Crippen molar-refractivity contribution in [3.63, 3.8) is 0 Å². The number of rotatable bonds is 3. The molecule has 2 N–H and O–H groups in total. The molecule has 22 heavy (non-hydrogen) atoms. The van der Waals surface area contributed by atoms with Crippen molar-refractivity contribution in [1.82, 2.24) is 5.32 Å². The van der Waals surface area contributed by atoms with E-state index >= 15 is 0 Å². The fourth-order valence-electron chi connectivity index (χ4n) is 4.00. The Morgan fingerprint density at radius 3 is 2.64 bits per heavy atom. The van der Waals surface area contributed by atoms with Gasteiger partial charge in [0.2, 0.25) is 5.91 Å². The fraction of sp³-hybridized carbons (Fsp3) is 0.632. The van der Waals surface area contributed by atoms with Gasteiger partial charge >= 0.3 is 0 Å². The molecule has 1 amide bonds. The molecule has 0 heterocycles. The van der Waals surface area contributed by atoms with Crippen LogP contribution in [0.25, 0.3) is 0 Å². The van der Waals surface area contributed by atoms with E-state index in [1.807, 2.05) is 18.2 Å². The van der Waals surface area contributed by atoms with Crippen LogP contribution in [-0.4, -0.2) is 17.6 Å². The number of hydrogen-bond acceptors (Lipinski definition) is 2. The van der Waals surface area contributed by atoms with Crippen LogP contribution in [0.3, 0.4) is 0 Å². The normalized spacial score (nSPS) is 26.0. The molecule has 1 aromatic carbocycles. The number of aryl methyl sites for hydroxylation is 1. The quantitative estimate of drug-likeness (QED) is 0.842. The number of nitrogens with one attached hydrogen (secondary N) is 1. The standard InChI is InChI=1S/C19H27NO2/c21-18(16-9-3-1-2-4-10-16)20-14-19(22)13-7-11-15-8-5-6-12-17(15)19/h5-6,8,12,16,22H,1-4,7,9-11,13-14H2,(H,20,21). The SMILES string of the molecule is O=C(NCC1(O)CCCc2ccccc21)C1CCCCCC1. The van der Waals surface area contributed by atoms with E-state index in [1.54, 1.807) is 0 Å². The molecule has 1 unspecified atom stereocenters. The van der Waals surface area contributed by atoms with Crippen LogP contribution < -0.4 is 5.32 Å². The van der Waals surface area contributed by atoms with Crippen molar-refractivity contribution in [3.05, 3.63) is 35.4 Å². The lowest BCUT2D eigenvalue weighted by Gasteiger charge is -2.35. The third-order valence-corrected chi connectivity index (χ3v) is 5.34. The van der Waals surface area contributed by atoms with Gasteiger partial charge in [0.1, 0.15) is 5.60 Å². The van der Waals surface area contributed by atoms with Crippen molar-refractivity contribution >= 4 is 5.91 Å². The second-order valence-corrected chi connectivity index (χ2v) is 6.95. The van der Waals surface area contributed by atoms with Gasteiger partial charge in [-0.15, -0.1) is 0 Å². The van der Waals surface area contributed by atoms with Crippen LogP contribution in [0.2, 0.25) is 0 Å². The van der Waals surface area contributed by atoms with Crippen LogP contribution >= 0.6 is 0 Å². The molecule has 1 atom stereocenters. The second kappa shape index (κ2) is 6.82. The molecule has 1 aromatic rings. The van der Waals surface area contributed by atoms with Gasteiger partial charge in [-0.2, -0.15) is 0 Å². The Morgan fingerprint density at radius 1 is 1.14 bits per heavy atom. The number of carbonyl (C=O) groups is 1. The number of fused-ring (bicyclic) bond motifs is 1. The van der Waals surface area contributed by atoms with Crippen LogP contribution in [0.1, 0.15) is 62.5 Å². The largest absolute Gasteiger partial charge is 0.383 e. The maximum atomic E-state index is 12.4. The van der Waals surface area contributed by atoms with Crippen molar-refractivity contribution < 1.29 is 9.90 Å². The number of benzene rings is 1. The summed E-state index contributed by atoms with van der Waals surface area (Å²) in [5.74, 6) is 0.281. The van der Waals surface area contributed by atoms with Crippen LogP contribution in [0.4, 0.5) is 0 Å². The van der Waals surface area contributed by atoms with Crippen LogP contribution in [0.15, 0.2) is 24.3 Å². The summed E-state index contributed by atoms with van der Waals surface area (Å²) in [6, 6.07) is 8.09.